The second-order valence-corrected chi connectivity index (χ2v) is 5.64. The lowest BCUT2D eigenvalue weighted by Crippen LogP contribution is -2.22. The molecule has 0 aliphatic heterocycles. The highest BCUT2D eigenvalue weighted by molar-refractivity contribution is 5.82. The predicted molar refractivity (Wildman–Crippen MR) is 82.3 cm³/mol. The number of rotatable bonds is 5. The fourth-order valence-electron chi connectivity index (χ4n) is 1.71. The minimum atomic E-state index is -0.764. The summed E-state index contributed by atoms with van der Waals surface area (Å²) in [5, 5.41) is 0. The van der Waals surface area contributed by atoms with Crippen LogP contribution in [0.5, 0.6) is 0 Å². The summed E-state index contributed by atoms with van der Waals surface area (Å²) < 4.78 is 14.9. The van der Waals surface area contributed by atoms with Crippen molar-refractivity contribution in [3.8, 4) is 0 Å². The van der Waals surface area contributed by atoms with E-state index in [0.717, 1.165) is 5.56 Å². The molecule has 0 heterocycles. The van der Waals surface area contributed by atoms with E-state index in [1.165, 1.54) is 13.2 Å². The fraction of sp³-hybridized carbons (Fsp3) is 0.412. The van der Waals surface area contributed by atoms with Gasteiger partial charge in [-0.1, -0.05) is 36.4 Å². The molecule has 0 aliphatic carbocycles. The standard InChI is InChI=1S/C17H22O5/c1-17(2,3)22-15(18)12-8-11-14(21-16(19)20-4)13-9-6-5-7-10-13/h5-10,12,14H,11H2,1-4H3/b12-8+. The minimum absolute atomic E-state index is 0.346. The molecular formula is C17H22O5. The van der Waals surface area contributed by atoms with E-state index in [1.54, 1.807) is 26.8 Å². The molecule has 0 saturated heterocycles. The number of benzene rings is 1. The van der Waals surface area contributed by atoms with E-state index in [0.29, 0.717) is 6.42 Å². The molecule has 1 aromatic carbocycles. The Morgan fingerprint density at radius 2 is 1.82 bits per heavy atom. The van der Waals surface area contributed by atoms with E-state index in [1.807, 2.05) is 30.3 Å². The third-order valence-electron chi connectivity index (χ3n) is 2.59. The highest BCUT2D eigenvalue weighted by Crippen LogP contribution is 2.22. The highest BCUT2D eigenvalue weighted by Gasteiger charge is 2.17. The monoisotopic (exact) mass is 306 g/mol. The molecule has 5 nitrogen and oxygen atoms in total. The smallest absolute Gasteiger partial charge is 0.457 e. The SMILES string of the molecule is COC(=O)OC(C/C=C/C(=O)OC(C)(C)C)c1ccccc1. The summed E-state index contributed by atoms with van der Waals surface area (Å²) >= 11 is 0. The van der Waals surface area contributed by atoms with Gasteiger partial charge in [-0.2, -0.15) is 0 Å². The number of hydrogen-bond acceptors (Lipinski definition) is 5. The summed E-state index contributed by atoms with van der Waals surface area (Å²) in [4.78, 5) is 22.9. The Kier molecular flexibility index (Phi) is 6.63. The van der Waals surface area contributed by atoms with Gasteiger partial charge in [-0.15, -0.1) is 0 Å². The van der Waals surface area contributed by atoms with E-state index in [4.69, 9.17) is 9.47 Å². The first-order valence-electron chi connectivity index (χ1n) is 7.01. The van der Waals surface area contributed by atoms with Crippen molar-refractivity contribution in [2.75, 3.05) is 7.11 Å². The molecule has 0 radical (unpaired) electrons. The van der Waals surface area contributed by atoms with Gasteiger partial charge in [0.15, 0.2) is 0 Å². The molecule has 0 amide bonds. The topological polar surface area (TPSA) is 61.8 Å². The lowest BCUT2D eigenvalue weighted by molar-refractivity contribution is -0.148. The van der Waals surface area contributed by atoms with Crippen LogP contribution < -0.4 is 0 Å². The average Bonchev–Trinajstić information content (AvgIpc) is 2.45. The van der Waals surface area contributed by atoms with Crippen LogP contribution >= 0.6 is 0 Å². The summed E-state index contributed by atoms with van der Waals surface area (Å²) in [6.45, 7) is 5.39. The second-order valence-electron chi connectivity index (χ2n) is 5.64. The van der Waals surface area contributed by atoms with Gasteiger partial charge in [0, 0.05) is 12.5 Å². The molecule has 0 aliphatic rings. The molecule has 0 bridgehead atoms. The van der Waals surface area contributed by atoms with Gasteiger partial charge in [0.2, 0.25) is 0 Å². The third-order valence-corrected chi connectivity index (χ3v) is 2.59. The molecule has 1 atom stereocenters. The van der Waals surface area contributed by atoms with Gasteiger partial charge >= 0.3 is 12.1 Å². The second kappa shape index (κ2) is 8.22. The van der Waals surface area contributed by atoms with Crippen molar-refractivity contribution in [3.05, 3.63) is 48.0 Å². The van der Waals surface area contributed by atoms with Crippen LogP contribution in [-0.4, -0.2) is 24.8 Å². The Labute approximate surface area is 130 Å². The molecule has 22 heavy (non-hydrogen) atoms. The van der Waals surface area contributed by atoms with E-state index in [2.05, 4.69) is 4.74 Å². The lowest BCUT2D eigenvalue weighted by atomic mass is 10.1. The fourth-order valence-corrected chi connectivity index (χ4v) is 1.71. The third kappa shape index (κ3) is 6.92. The van der Waals surface area contributed by atoms with Gasteiger partial charge in [0.05, 0.1) is 7.11 Å². The molecule has 0 spiro atoms. The zero-order valence-corrected chi connectivity index (χ0v) is 13.4. The predicted octanol–water partition coefficient (Wildman–Crippen LogP) is 3.80. The maximum atomic E-state index is 11.6. The molecule has 1 unspecified atom stereocenters. The summed E-state index contributed by atoms with van der Waals surface area (Å²) in [5.41, 5.74) is 0.282. The molecular weight excluding hydrogens is 284 g/mol. The number of carbonyl (C=O) groups excluding carboxylic acids is 2. The zero-order chi connectivity index (χ0) is 16.6. The Bertz CT molecular complexity index is 514. The van der Waals surface area contributed by atoms with Crippen LogP contribution in [0.1, 0.15) is 38.9 Å². The zero-order valence-electron chi connectivity index (χ0n) is 13.4. The normalized spacial score (nSPS) is 12.7. The Hall–Kier alpha value is -2.30. The van der Waals surface area contributed by atoms with Crippen molar-refractivity contribution >= 4 is 12.1 Å². The first-order valence-corrected chi connectivity index (χ1v) is 7.01. The van der Waals surface area contributed by atoms with Crippen LogP contribution in [0.15, 0.2) is 42.5 Å². The first-order chi connectivity index (χ1) is 10.3. The van der Waals surface area contributed by atoms with E-state index < -0.39 is 23.8 Å². The van der Waals surface area contributed by atoms with Gasteiger partial charge in [-0.3, -0.25) is 0 Å². The summed E-state index contributed by atoms with van der Waals surface area (Å²) in [5.74, 6) is -0.433. The van der Waals surface area contributed by atoms with Crippen molar-refractivity contribution in [2.24, 2.45) is 0 Å². The maximum Gasteiger partial charge on any atom is 0.508 e. The highest BCUT2D eigenvalue weighted by atomic mass is 16.7. The van der Waals surface area contributed by atoms with Crippen LogP contribution in [-0.2, 0) is 19.0 Å². The van der Waals surface area contributed by atoms with E-state index >= 15 is 0 Å². The molecule has 0 fully saturated rings. The largest absolute Gasteiger partial charge is 0.508 e. The number of carbonyl (C=O) groups is 2. The quantitative estimate of drug-likeness (QED) is 0.611. The van der Waals surface area contributed by atoms with Crippen molar-refractivity contribution in [3.63, 3.8) is 0 Å². The maximum absolute atomic E-state index is 11.6. The Morgan fingerprint density at radius 1 is 1.18 bits per heavy atom. The molecule has 5 heteroatoms. The Balaban J connectivity index is 2.69. The van der Waals surface area contributed by atoms with Crippen molar-refractivity contribution in [2.45, 2.75) is 38.9 Å². The van der Waals surface area contributed by atoms with E-state index in [9.17, 15) is 9.59 Å². The molecule has 120 valence electrons. The van der Waals surface area contributed by atoms with Gasteiger partial charge in [-0.05, 0) is 26.3 Å². The minimum Gasteiger partial charge on any atom is -0.457 e. The van der Waals surface area contributed by atoms with E-state index in [-0.39, 0.29) is 0 Å². The van der Waals surface area contributed by atoms with Crippen LogP contribution in [0.2, 0.25) is 0 Å². The van der Waals surface area contributed by atoms with Crippen molar-refractivity contribution < 1.29 is 23.8 Å². The molecule has 1 aromatic rings. The van der Waals surface area contributed by atoms with Gasteiger partial charge in [0.1, 0.15) is 11.7 Å². The number of esters is 1. The van der Waals surface area contributed by atoms with Crippen LogP contribution in [0.25, 0.3) is 0 Å². The van der Waals surface area contributed by atoms with Crippen molar-refractivity contribution in [1.82, 2.24) is 0 Å². The van der Waals surface area contributed by atoms with Gasteiger partial charge in [-0.25, -0.2) is 9.59 Å². The summed E-state index contributed by atoms with van der Waals surface area (Å²) in [7, 11) is 1.25. The van der Waals surface area contributed by atoms with Crippen LogP contribution in [0.4, 0.5) is 4.79 Å². The summed E-state index contributed by atoms with van der Waals surface area (Å²) in [6, 6.07) is 9.25. The van der Waals surface area contributed by atoms with Crippen LogP contribution in [0.3, 0.4) is 0 Å². The molecule has 0 N–H and O–H groups in total. The first kappa shape index (κ1) is 17.8. The lowest BCUT2D eigenvalue weighted by Gasteiger charge is -2.18. The average molecular weight is 306 g/mol. The number of ether oxygens (including phenoxy) is 3. The Morgan fingerprint density at radius 3 is 2.36 bits per heavy atom. The number of methoxy groups -OCH3 is 1. The van der Waals surface area contributed by atoms with Crippen molar-refractivity contribution in [1.29, 1.82) is 0 Å². The summed E-state index contributed by atoms with van der Waals surface area (Å²) in [6.07, 6.45) is 2.02. The van der Waals surface area contributed by atoms with Gasteiger partial charge in [0.25, 0.3) is 0 Å². The molecule has 0 aromatic heterocycles. The van der Waals surface area contributed by atoms with Crippen LogP contribution in [0, 0.1) is 0 Å². The van der Waals surface area contributed by atoms with Gasteiger partial charge < -0.3 is 14.2 Å². The molecule has 0 saturated carbocycles. The number of hydrogen-bond donors (Lipinski definition) is 0. The molecule has 1 rings (SSSR count).